The third kappa shape index (κ3) is 6.64. The minimum atomic E-state index is -0.960. The van der Waals surface area contributed by atoms with Crippen molar-refractivity contribution in [3.8, 4) is 0 Å². The normalized spacial score (nSPS) is 11.8. The summed E-state index contributed by atoms with van der Waals surface area (Å²) in [4.78, 5) is 49.9. The number of carbonyl (C=O) groups excluding carboxylic acids is 4. The van der Waals surface area contributed by atoms with E-state index < -0.39 is 12.1 Å². The fourth-order valence-electron chi connectivity index (χ4n) is 2.47. The van der Waals surface area contributed by atoms with Gasteiger partial charge in [0.25, 0.3) is 0 Å². The van der Waals surface area contributed by atoms with Crippen LogP contribution in [0.5, 0.6) is 0 Å². The fourth-order valence-corrected chi connectivity index (χ4v) is 3.31. The Labute approximate surface area is 174 Å². The van der Waals surface area contributed by atoms with Crippen molar-refractivity contribution in [3.05, 3.63) is 51.7 Å². The SMILES string of the molecule is Cc1ccc(C(=O)CCC(=O)O[C@@H](C)C(=O)c2ccc(NC(=O)C(C)C)cc2)s1. The zero-order valence-corrected chi connectivity index (χ0v) is 17.8. The second-order valence-corrected chi connectivity index (χ2v) is 8.34. The molecule has 2 aromatic rings. The highest BCUT2D eigenvalue weighted by Gasteiger charge is 2.20. The molecule has 1 atom stereocenters. The van der Waals surface area contributed by atoms with E-state index in [4.69, 9.17) is 4.74 Å². The van der Waals surface area contributed by atoms with Crippen molar-refractivity contribution in [3.63, 3.8) is 0 Å². The van der Waals surface area contributed by atoms with Crippen LogP contribution in [0.3, 0.4) is 0 Å². The number of benzene rings is 1. The first-order chi connectivity index (χ1) is 13.7. The molecule has 0 aliphatic rings. The molecule has 0 fully saturated rings. The van der Waals surface area contributed by atoms with E-state index in [1.54, 1.807) is 44.2 Å². The van der Waals surface area contributed by atoms with Gasteiger partial charge in [0.1, 0.15) is 0 Å². The Kier molecular flexibility index (Phi) is 7.84. The lowest BCUT2D eigenvalue weighted by atomic mass is 10.1. The van der Waals surface area contributed by atoms with Crippen LogP contribution in [-0.2, 0) is 14.3 Å². The number of thiophene rings is 1. The maximum absolute atomic E-state index is 12.5. The molecule has 0 saturated carbocycles. The molecule has 0 aliphatic carbocycles. The largest absolute Gasteiger partial charge is 0.454 e. The number of ketones is 2. The van der Waals surface area contributed by atoms with Crippen LogP contribution >= 0.6 is 11.3 Å². The van der Waals surface area contributed by atoms with E-state index in [0.717, 1.165) is 4.88 Å². The molecule has 2 rings (SSSR count). The number of hydrogen-bond acceptors (Lipinski definition) is 6. The first-order valence-corrected chi connectivity index (χ1v) is 10.2. The van der Waals surface area contributed by atoms with Crippen molar-refractivity contribution in [2.24, 2.45) is 5.92 Å². The Morgan fingerprint density at radius 2 is 1.62 bits per heavy atom. The first kappa shape index (κ1) is 22.5. The van der Waals surface area contributed by atoms with Gasteiger partial charge in [0.2, 0.25) is 11.7 Å². The van der Waals surface area contributed by atoms with E-state index in [-0.39, 0.29) is 36.2 Å². The van der Waals surface area contributed by atoms with Crippen LogP contribution in [0.4, 0.5) is 5.69 Å². The van der Waals surface area contributed by atoms with Crippen molar-refractivity contribution in [1.82, 2.24) is 0 Å². The summed E-state index contributed by atoms with van der Waals surface area (Å²) in [5.41, 5.74) is 0.963. The van der Waals surface area contributed by atoms with Crippen LogP contribution in [-0.4, -0.2) is 29.5 Å². The number of rotatable bonds is 9. The first-order valence-electron chi connectivity index (χ1n) is 9.41. The number of aryl methyl sites for hydroxylation is 1. The van der Waals surface area contributed by atoms with E-state index in [1.165, 1.54) is 18.3 Å². The highest BCUT2D eigenvalue weighted by atomic mass is 32.1. The van der Waals surface area contributed by atoms with Crippen LogP contribution in [0, 0.1) is 12.8 Å². The molecule has 1 heterocycles. The van der Waals surface area contributed by atoms with Crippen LogP contribution in [0.2, 0.25) is 0 Å². The number of esters is 1. The molecule has 29 heavy (non-hydrogen) atoms. The van der Waals surface area contributed by atoms with Gasteiger partial charge in [-0.15, -0.1) is 11.3 Å². The van der Waals surface area contributed by atoms with Crippen molar-refractivity contribution < 1.29 is 23.9 Å². The average Bonchev–Trinajstić information content (AvgIpc) is 3.12. The van der Waals surface area contributed by atoms with E-state index in [2.05, 4.69) is 5.32 Å². The van der Waals surface area contributed by atoms with E-state index in [9.17, 15) is 19.2 Å². The maximum atomic E-state index is 12.5. The van der Waals surface area contributed by atoms with Crippen LogP contribution in [0.25, 0.3) is 0 Å². The molecule has 0 radical (unpaired) electrons. The second kappa shape index (κ2) is 10.1. The minimum absolute atomic E-state index is 0.0456. The van der Waals surface area contributed by atoms with Gasteiger partial charge in [-0.05, 0) is 50.2 Å². The highest BCUT2D eigenvalue weighted by molar-refractivity contribution is 7.14. The van der Waals surface area contributed by atoms with Gasteiger partial charge in [-0.1, -0.05) is 13.8 Å². The second-order valence-electron chi connectivity index (χ2n) is 7.05. The topological polar surface area (TPSA) is 89.5 Å². The molecule has 154 valence electrons. The van der Waals surface area contributed by atoms with Crippen molar-refractivity contribution >= 4 is 40.5 Å². The van der Waals surface area contributed by atoms with Crippen LogP contribution in [0.1, 0.15) is 58.5 Å². The third-order valence-corrected chi connectivity index (χ3v) is 5.25. The molecular weight excluding hydrogens is 390 g/mol. The fraction of sp³-hybridized carbons (Fsp3) is 0.364. The maximum Gasteiger partial charge on any atom is 0.306 e. The lowest BCUT2D eigenvalue weighted by Crippen LogP contribution is -2.24. The van der Waals surface area contributed by atoms with Gasteiger partial charge in [0, 0.05) is 28.5 Å². The standard InChI is InChI=1S/C22H25NO5S/c1-13(2)22(27)23-17-8-6-16(7-9-17)21(26)15(4)28-20(25)12-10-18(24)19-11-5-14(3)29-19/h5-9,11,13,15H,10,12H2,1-4H3,(H,23,27)/t15-/m0/s1. The van der Waals surface area contributed by atoms with E-state index in [0.29, 0.717) is 16.1 Å². The molecule has 0 aliphatic heterocycles. The average molecular weight is 416 g/mol. The summed E-state index contributed by atoms with van der Waals surface area (Å²) in [6, 6.07) is 10.0. The molecule has 1 aromatic carbocycles. The molecule has 0 spiro atoms. The predicted octanol–water partition coefficient (Wildman–Crippen LogP) is 4.43. The quantitative estimate of drug-likeness (QED) is 0.483. The monoisotopic (exact) mass is 415 g/mol. The summed E-state index contributed by atoms with van der Waals surface area (Å²) in [7, 11) is 0. The Bertz CT molecular complexity index is 898. The van der Waals surface area contributed by atoms with Gasteiger partial charge in [-0.3, -0.25) is 19.2 Å². The van der Waals surface area contributed by atoms with Gasteiger partial charge >= 0.3 is 5.97 Å². The molecule has 0 saturated heterocycles. The Morgan fingerprint density at radius 3 is 2.17 bits per heavy atom. The lowest BCUT2D eigenvalue weighted by molar-refractivity contribution is -0.146. The van der Waals surface area contributed by atoms with Crippen LogP contribution in [0.15, 0.2) is 36.4 Å². The molecule has 0 bridgehead atoms. The Balaban J connectivity index is 1.85. The summed E-state index contributed by atoms with van der Waals surface area (Å²) < 4.78 is 5.18. The van der Waals surface area contributed by atoms with Gasteiger partial charge in [-0.2, -0.15) is 0 Å². The van der Waals surface area contributed by atoms with Gasteiger partial charge < -0.3 is 10.1 Å². The molecular formula is C22H25NO5S. The van der Waals surface area contributed by atoms with Gasteiger partial charge in [-0.25, -0.2) is 0 Å². The number of nitrogens with one attached hydrogen (secondary N) is 1. The molecule has 1 amide bonds. The molecule has 7 heteroatoms. The minimum Gasteiger partial charge on any atom is -0.454 e. The van der Waals surface area contributed by atoms with Gasteiger partial charge in [0.15, 0.2) is 11.9 Å². The van der Waals surface area contributed by atoms with Gasteiger partial charge in [0.05, 0.1) is 11.3 Å². The number of carbonyl (C=O) groups is 4. The third-order valence-electron chi connectivity index (χ3n) is 4.21. The molecule has 0 unspecified atom stereocenters. The summed E-state index contributed by atoms with van der Waals surface area (Å²) in [5.74, 6) is -1.31. The van der Waals surface area contributed by atoms with Crippen LogP contribution < -0.4 is 5.32 Å². The number of hydrogen-bond donors (Lipinski definition) is 1. The summed E-state index contributed by atoms with van der Waals surface area (Å²) in [6.07, 6.45) is -0.991. The van der Waals surface area contributed by atoms with Crippen molar-refractivity contribution in [2.45, 2.75) is 46.6 Å². The summed E-state index contributed by atoms with van der Waals surface area (Å²) >= 11 is 1.39. The predicted molar refractivity (Wildman–Crippen MR) is 112 cm³/mol. The number of anilines is 1. The highest BCUT2D eigenvalue weighted by Crippen LogP contribution is 2.18. The number of ether oxygens (including phenoxy) is 1. The summed E-state index contributed by atoms with van der Waals surface area (Å²) in [6.45, 7) is 6.99. The molecule has 1 N–H and O–H groups in total. The lowest BCUT2D eigenvalue weighted by Gasteiger charge is -2.13. The smallest absolute Gasteiger partial charge is 0.306 e. The Hall–Kier alpha value is -2.80. The summed E-state index contributed by atoms with van der Waals surface area (Å²) in [5, 5.41) is 2.74. The zero-order valence-electron chi connectivity index (χ0n) is 17.0. The number of Topliss-reactive ketones (excluding diaryl/α,β-unsaturated/α-hetero) is 2. The number of amides is 1. The zero-order chi connectivity index (χ0) is 21.6. The van der Waals surface area contributed by atoms with E-state index in [1.807, 2.05) is 13.0 Å². The molecule has 1 aromatic heterocycles. The van der Waals surface area contributed by atoms with Crippen molar-refractivity contribution in [2.75, 3.05) is 5.32 Å². The molecule has 6 nitrogen and oxygen atoms in total. The van der Waals surface area contributed by atoms with Crippen molar-refractivity contribution in [1.29, 1.82) is 0 Å². The van der Waals surface area contributed by atoms with E-state index >= 15 is 0 Å². The Morgan fingerprint density at radius 1 is 0.966 bits per heavy atom.